The van der Waals surface area contributed by atoms with Crippen LogP contribution < -0.4 is 4.74 Å². The Bertz CT molecular complexity index is 1740. The van der Waals surface area contributed by atoms with E-state index in [1.165, 1.54) is 35.2 Å². The van der Waals surface area contributed by atoms with Crippen LogP contribution in [-0.2, 0) is 27.6 Å². The van der Waals surface area contributed by atoms with Gasteiger partial charge in [0, 0.05) is 21.1 Å². The van der Waals surface area contributed by atoms with Crippen molar-refractivity contribution >= 4 is 79.5 Å². The number of hydrogen-bond acceptors (Lipinski definition) is 5. The molecule has 0 unspecified atom stereocenters. The number of hydrogen-bond donors (Lipinski definition) is 0. The van der Waals surface area contributed by atoms with E-state index in [1.54, 1.807) is 0 Å². The predicted octanol–water partition coefficient (Wildman–Crippen LogP) is 11.0. The average Bonchev–Trinajstić information content (AvgIpc) is 2.86. The first-order valence-electron chi connectivity index (χ1n) is 11.8. The van der Waals surface area contributed by atoms with Crippen LogP contribution in [-0.4, -0.2) is 34.2 Å². The second-order valence-electron chi connectivity index (χ2n) is 8.79. The van der Waals surface area contributed by atoms with Crippen molar-refractivity contribution in [1.82, 2.24) is 0 Å². The summed E-state index contributed by atoms with van der Waals surface area (Å²) in [6.07, 6.45) is -3.51. The molecule has 0 bridgehead atoms. The molecule has 0 saturated carbocycles. The highest BCUT2D eigenvalue weighted by atomic mass is 79.9. The summed E-state index contributed by atoms with van der Waals surface area (Å²) in [5, 5.41) is 0. The minimum atomic E-state index is -9.98. The van der Waals surface area contributed by atoms with Gasteiger partial charge in [-0.25, -0.2) is 26.0 Å². The van der Waals surface area contributed by atoms with Crippen LogP contribution in [0.2, 0.25) is 0 Å². The minimum absolute atomic E-state index is 0.132. The van der Waals surface area contributed by atoms with Crippen LogP contribution in [0.3, 0.4) is 0 Å². The molecular weight excluding hydrogens is 906 g/mol. The predicted molar refractivity (Wildman–Crippen MR) is 160 cm³/mol. The molecule has 4 rings (SSSR count). The van der Waals surface area contributed by atoms with Crippen LogP contribution in [0.4, 0.5) is 58.9 Å². The van der Waals surface area contributed by atoms with Crippen molar-refractivity contribution in [2.24, 2.45) is 0 Å². The first-order valence-corrected chi connectivity index (χ1v) is 18.7. The van der Waals surface area contributed by atoms with Gasteiger partial charge in [0.15, 0.2) is 27.2 Å². The van der Waals surface area contributed by atoms with Crippen molar-refractivity contribution in [2.75, 3.05) is 11.5 Å². The number of thioether (sulfide) groups is 1. The van der Waals surface area contributed by atoms with E-state index in [4.69, 9.17) is 13.0 Å². The van der Waals surface area contributed by atoms with Crippen molar-refractivity contribution in [3.63, 3.8) is 0 Å². The van der Waals surface area contributed by atoms with Crippen LogP contribution in [0.5, 0.6) is 5.75 Å². The van der Waals surface area contributed by atoms with Gasteiger partial charge >= 0.3 is 21.8 Å². The number of benzene rings is 3. The molecule has 0 N–H and O–H groups in total. The molecule has 0 aliphatic carbocycles. The van der Waals surface area contributed by atoms with Gasteiger partial charge in [-0.1, -0.05) is 63.1 Å². The van der Waals surface area contributed by atoms with Crippen molar-refractivity contribution in [1.29, 1.82) is 0 Å². The van der Waals surface area contributed by atoms with Crippen molar-refractivity contribution in [3.05, 3.63) is 91.9 Å². The van der Waals surface area contributed by atoms with Gasteiger partial charge in [0.05, 0.1) is 0 Å². The van der Waals surface area contributed by atoms with Gasteiger partial charge in [-0.05, 0) is 48.5 Å². The first-order chi connectivity index (χ1) is 21.4. The maximum atomic E-state index is 13.9. The highest BCUT2D eigenvalue weighted by Gasteiger charge is 2.65. The Morgan fingerprint density at radius 1 is 0.792 bits per heavy atom. The molecule has 270 valence electrons. The first kappa shape index (κ1) is 42.3. The van der Waals surface area contributed by atoms with E-state index in [0.29, 0.717) is 16.6 Å². The molecule has 4 nitrogen and oxygen atoms in total. The van der Waals surface area contributed by atoms with Crippen LogP contribution in [0.25, 0.3) is 0 Å². The Labute approximate surface area is 286 Å². The van der Waals surface area contributed by atoms with Gasteiger partial charge in [0.25, 0.3) is 4.20 Å². The summed E-state index contributed by atoms with van der Waals surface area (Å²) in [4.78, 5) is -2.32. The van der Waals surface area contributed by atoms with Crippen molar-refractivity contribution in [3.8, 4) is 5.75 Å². The van der Waals surface area contributed by atoms with Crippen LogP contribution >= 0.6 is 53.8 Å². The zero-order valence-electron chi connectivity index (χ0n) is 22.6. The molecule has 0 fully saturated rings. The topological polar surface area (TPSA) is 66.4 Å². The summed E-state index contributed by atoms with van der Waals surface area (Å²) in [5.41, 5.74) is -7.30. The monoisotopic (exact) mass is 918 g/mol. The number of rotatable bonds is 5. The van der Waals surface area contributed by atoms with E-state index in [1.807, 2.05) is 0 Å². The third-order valence-electron chi connectivity index (χ3n) is 5.06. The number of ether oxygens (including phenoxy) is 1. The van der Waals surface area contributed by atoms with E-state index >= 15 is 0 Å². The summed E-state index contributed by atoms with van der Waals surface area (Å²) in [6.45, 7) is 0. The van der Waals surface area contributed by atoms with Gasteiger partial charge in [0.1, 0.15) is 45.0 Å². The van der Waals surface area contributed by atoms with Crippen molar-refractivity contribution in [2.45, 2.75) is 22.9 Å². The lowest BCUT2D eigenvalue weighted by Gasteiger charge is -2.40. The summed E-state index contributed by atoms with van der Waals surface area (Å²) in [6, 6.07) is 3.70. The zero-order valence-corrected chi connectivity index (χ0v) is 29.0. The Morgan fingerprint density at radius 2 is 1.21 bits per heavy atom. The molecule has 24 heteroatoms. The summed E-state index contributed by atoms with van der Waals surface area (Å²) in [7, 11) is -16.1. The second-order valence-corrected chi connectivity index (χ2v) is 16.9. The lowest BCUT2D eigenvalue weighted by atomic mass is 10.2. The van der Waals surface area contributed by atoms with E-state index in [0.717, 1.165) is 22.1 Å². The molecule has 0 atom stereocenters. The fourth-order valence-corrected chi connectivity index (χ4v) is 7.19. The highest BCUT2D eigenvalue weighted by Crippen LogP contribution is 3.02. The maximum absolute atomic E-state index is 13.9. The smallest absolute Gasteiger partial charge is 0.485 e. The summed E-state index contributed by atoms with van der Waals surface area (Å²) >= 11 is 8.82. The summed E-state index contributed by atoms with van der Waals surface area (Å²) in [5.74, 6) is -3.45. The van der Waals surface area contributed by atoms with Crippen molar-refractivity contribution < 1.29 is 76.6 Å². The minimum Gasteiger partial charge on any atom is -0.741 e. The molecule has 0 aromatic heterocycles. The van der Waals surface area contributed by atoms with Crippen LogP contribution in [0.1, 0.15) is 17.5 Å². The third kappa shape index (κ3) is 12.2. The van der Waals surface area contributed by atoms with Crippen LogP contribution in [0.15, 0.2) is 62.4 Å². The van der Waals surface area contributed by atoms with Crippen LogP contribution in [0, 0.1) is 23.3 Å². The fraction of sp³-hybridized carbons (Fsp3) is 0.208. The average molecular weight is 920 g/mol. The quantitative estimate of drug-likeness (QED) is 0.0839. The van der Waals surface area contributed by atoms with E-state index in [-0.39, 0.29) is 34.3 Å². The molecular formula is C24H14Br2F14O4S4. The third-order valence-corrected chi connectivity index (χ3v) is 10.3. The largest absolute Gasteiger partial charge is 0.741 e. The van der Waals surface area contributed by atoms with Gasteiger partial charge in [-0.3, -0.25) is 0 Å². The number of halogens is 16. The molecule has 0 amide bonds. The molecule has 1 aliphatic heterocycles. The van der Waals surface area contributed by atoms with E-state index in [2.05, 4.69) is 36.6 Å². The molecule has 48 heavy (non-hydrogen) atoms. The Morgan fingerprint density at radius 3 is 1.56 bits per heavy atom. The molecule has 3 aromatic carbocycles. The Kier molecular flexibility index (Phi) is 12.7. The molecule has 1 aliphatic rings. The molecule has 3 aromatic rings. The Hall–Kier alpha value is -1.86. The molecule has 0 radical (unpaired) electrons. The van der Waals surface area contributed by atoms with E-state index < -0.39 is 71.4 Å². The highest BCUT2D eigenvalue weighted by molar-refractivity contribution is 9.10. The van der Waals surface area contributed by atoms with Gasteiger partial charge < -0.3 is 9.29 Å². The van der Waals surface area contributed by atoms with E-state index in [9.17, 15) is 58.9 Å². The Balaban J connectivity index is 0.000000292. The lowest BCUT2D eigenvalue weighted by Crippen LogP contribution is -2.25. The molecule has 0 spiro atoms. The number of alkyl halides is 5. The lowest BCUT2D eigenvalue weighted by molar-refractivity contribution is -0.189. The summed E-state index contributed by atoms with van der Waals surface area (Å²) < 4.78 is 209. The van der Waals surface area contributed by atoms with Gasteiger partial charge in [-0.15, -0.1) is 0 Å². The standard InChI is InChI=1S/C13H6BrF9OS.C10H8BrF2S2.CHF3O3S/c14-7-5-10(15)12(11(16)6-7)13(17,18)24-8-1-3-9(4-2-8)25(19,20,21,22)23;11-6-4-7(12)9(8(13)5-6)10-14-2-1-3-15-10;2-1(3,4)8(5,6)7/h1-6H;4-5H,1-3H2;(H,5,6,7)/q;+1;/p-1. The normalized spacial score (nSPS) is 15.5. The maximum Gasteiger partial charge on any atom is 0.485 e. The van der Waals surface area contributed by atoms with Gasteiger partial charge in [-0.2, -0.15) is 22.0 Å². The second kappa shape index (κ2) is 14.4. The molecule has 1 heterocycles. The zero-order chi connectivity index (χ0) is 37.2. The molecule has 0 saturated heterocycles. The van der Waals surface area contributed by atoms with Gasteiger partial charge in [0.2, 0.25) is 0 Å². The SMILES string of the molecule is Fc1cc(Br)cc(F)c1C(F)(F)Oc1ccc(S(F)(F)(F)(F)F)cc1.Fc1cc(Br)cc(F)c1C1=[S+]CCCS1.O=S(=O)([O-])C(F)(F)F. The fourth-order valence-electron chi connectivity index (χ4n) is 3.10.